The Hall–Kier alpha value is -0.830. The van der Waals surface area contributed by atoms with E-state index < -0.39 is 0 Å². The first kappa shape index (κ1) is 16.5. The number of hydrogen-bond donors (Lipinski definition) is 1. The molecule has 1 aliphatic carbocycles. The zero-order chi connectivity index (χ0) is 15.1. The second kappa shape index (κ2) is 8.57. The first-order chi connectivity index (χ1) is 10.3. The van der Waals surface area contributed by atoms with Gasteiger partial charge in [-0.3, -0.25) is 0 Å². The van der Waals surface area contributed by atoms with E-state index in [0.29, 0.717) is 0 Å². The van der Waals surface area contributed by atoms with E-state index in [4.69, 9.17) is 0 Å². The minimum Gasteiger partial charge on any atom is -0.335 e. The third-order valence-electron chi connectivity index (χ3n) is 5.12. The van der Waals surface area contributed by atoms with E-state index in [2.05, 4.69) is 42.0 Å². The highest BCUT2D eigenvalue weighted by Gasteiger charge is 2.30. The summed E-state index contributed by atoms with van der Waals surface area (Å²) in [6.07, 6.45) is 13.4. The Kier molecular flexibility index (Phi) is 6.75. The van der Waals surface area contributed by atoms with E-state index in [0.717, 1.165) is 30.8 Å². The third-order valence-corrected chi connectivity index (χ3v) is 5.12. The number of nitrogens with zero attached hydrogens (tertiary/aromatic N) is 2. The summed E-state index contributed by atoms with van der Waals surface area (Å²) < 4.78 is 2.36. The van der Waals surface area contributed by atoms with Gasteiger partial charge in [0.25, 0.3) is 0 Å². The maximum atomic E-state index is 4.64. The Bertz CT molecular complexity index is 399. The normalized spacial score (nSPS) is 26.1. The Morgan fingerprint density at radius 1 is 1.24 bits per heavy atom. The van der Waals surface area contributed by atoms with Crippen LogP contribution in [0.5, 0.6) is 0 Å². The zero-order valence-corrected chi connectivity index (χ0v) is 14.1. The molecule has 0 aromatic carbocycles. The van der Waals surface area contributed by atoms with Crippen molar-refractivity contribution in [3.8, 4) is 0 Å². The predicted octanol–water partition coefficient (Wildman–Crippen LogP) is 3.89. The molecule has 1 heterocycles. The van der Waals surface area contributed by atoms with Crippen molar-refractivity contribution >= 4 is 0 Å². The summed E-state index contributed by atoms with van der Waals surface area (Å²) in [5.74, 6) is 3.89. The fourth-order valence-corrected chi connectivity index (χ4v) is 4.08. The highest BCUT2D eigenvalue weighted by atomic mass is 15.1. The molecular formula is C18H33N3. The first-order valence-corrected chi connectivity index (χ1v) is 8.93. The van der Waals surface area contributed by atoms with Crippen molar-refractivity contribution in [1.29, 1.82) is 0 Å². The molecule has 1 aliphatic rings. The molecule has 0 amide bonds. The molecule has 3 heteroatoms. The summed E-state index contributed by atoms with van der Waals surface area (Å²) in [6.45, 7) is 6.84. The standard InChI is InChI=1S/C18H33N3/c1-4-6-15-7-8-16(14-19-3)17(12-15)13-18-20-9-11-21(18)10-5-2/h9,11,15-17,19H,4-8,10,12-14H2,1-3H3. The quantitative estimate of drug-likeness (QED) is 0.787. The molecule has 0 radical (unpaired) electrons. The monoisotopic (exact) mass is 291 g/mol. The summed E-state index contributed by atoms with van der Waals surface area (Å²) in [5, 5.41) is 3.41. The Morgan fingerprint density at radius 3 is 2.81 bits per heavy atom. The van der Waals surface area contributed by atoms with Gasteiger partial charge in [-0.15, -0.1) is 0 Å². The minimum atomic E-state index is 0.806. The molecule has 2 rings (SSSR count). The SMILES string of the molecule is CCCC1CCC(CNC)C(Cc2nccn2CCC)C1. The van der Waals surface area contributed by atoms with Crippen molar-refractivity contribution in [2.75, 3.05) is 13.6 Å². The van der Waals surface area contributed by atoms with Gasteiger partial charge >= 0.3 is 0 Å². The average molecular weight is 291 g/mol. The molecule has 3 nitrogen and oxygen atoms in total. The largest absolute Gasteiger partial charge is 0.335 e. The van der Waals surface area contributed by atoms with Gasteiger partial charge in [0, 0.05) is 25.4 Å². The molecule has 0 bridgehead atoms. The number of aromatic nitrogens is 2. The highest BCUT2D eigenvalue weighted by Crippen LogP contribution is 2.37. The lowest BCUT2D eigenvalue weighted by Crippen LogP contribution is -2.33. The fourth-order valence-electron chi connectivity index (χ4n) is 4.08. The second-order valence-corrected chi connectivity index (χ2v) is 6.79. The zero-order valence-electron chi connectivity index (χ0n) is 14.1. The van der Waals surface area contributed by atoms with Gasteiger partial charge in [-0.2, -0.15) is 0 Å². The van der Waals surface area contributed by atoms with E-state index in [9.17, 15) is 0 Å². The highest BCUT2D eigenvalue weighted by molar-refractivity contribution is 4.96. The van der Waals surface area contributed by atoms with Crippen LogP contribution in [0.3, 0.4) is 0 Å². The predicted molar refractivity (Wildman–Crippen MR) is 89.4 cm³/mol. The van der Waals surface area contributed by atoms with Gasteiger partial charge in [-0.25, -0.2) is 4.98 Å². The fraction of sp³-hybridized carbons (Fsp3) is 0.833. The average Bonchev–Trinajstić information content (AvgIpc) is 2.90. The molecule has 21 heavy (non-hydrogen) atoms. The van der Waals surface area contributed by atoms with E-state index in [1.807, 2.05) is 6.20 Å². The number of rotatable bonds is 8. The molecule has 1 aromatic heterocycles. The summed E-state index contributed by atoms with van der Waals surface area (Å²) in [6, 6.07) is 0. The van der Waals surface area contributed by atoms with E-state index in [1.54, 1.807) is 0 Å². The summed E-state index contributed by atoms with van der Waals surface area (Å²) in [7, 11) is 2.09. The van der Waals surface area contributed by atoms with Gasteiger partial charge in [0.05, 0.1) is 0 Å². The second-order valence-electron chi connectivity index (χ2n) is 6.79. The van der Waals surface area contributed by atoms with Gasteiger partial charge in [0.1, 0.15) is 5.82 Å². The van der Waals surface area contributed by atoms with Gasteiger partial charge in [0.2, 0.25) is 0 Å². The molecule has 3 unspecified atom stereocenters. The topological polar surface area (TPSA) is 29.9 Å². The smallest absolute Gasteiger partial charge is 0.108 e. The molecule has 1 N–H and O–H groups in total. The summed E-state index contributed by atoms with van der Waals surface area (Å²) >= 11 is 0. The maximum absolute atomic E-state index is 4.64. The number of imidazole rings is 1. The van der Waals surface area contributed by atoms with E-state index in [-0.39, 0.29) is 0 Å². The van der Waals surface area contributed by atoms with Crippen molar-refractivity contribution < 1.29 is 0 Å². The summed E-state index contributed by atoms with van der Waals surface area (Å²) in [5.41, 5.74) is 0. The van der Waals surface area contributed by atoms with Crippen molar-refractivity contribution in [1.82, 2.24) is 14.9 Å². The lowest BCUT2D eigenvalue weighted by atomic mass is 9.71. The number of aryl methyl sites for hydroxylation is 1. The van der Waals surface area contributed by atoms with Crippen molar-refractivity contribution in [3.63, 3.8) is 0 Å². The molecule has 0 saturated heterocycles. The molecule has 1 fully saturated rings. The van der Waals surface area contributed by atoms with E-state index >= 15 is 0 Å². The van der Waals surface area contributed by atoms with Crippen LogP contribution >= 0.6 is 0 Å². The van der Waals surface area contributed by atoms with Crippen molar-refractivity contribution in [2.45, 2.75) is 65.3 Å². The third kappa shape index (κ3) is 4.57. The van der Waals surface area contributed by atoms with E-state index in [1.165, 1.54) is 50.8 Å². The van der Waals surface area contributed by atoms with Gasteiger partial charge in [-0.05, 0) is 50.6 Å². The van der Waals surface area contributed by atoms with Gasteiger partial charge < -0.3 is 9.88 Å². The van der Waals surface area contributed by atoms with Crippen LogP contribution in [-0.4, -0.2) is 23.1 Å². The lowest BCUT2D eigenvalue weighted by molar-refractivity contribution is 0.166. The molecule has 1 saturated carbocycles. The minimum absolute atomic E-state index is 0.806. The number of nitrogens with one attached hydrogen (secondary N) is 1. The van der Waals surface area contributed by atoms with Gasteiger partial charge in [0.15, 0.2) is 0 Å². The molecule has 120 valence electrons. The molecule has 3 atom stereocenters. The van der Waals surface area contributed by atoms with Crippen LogP contribution in [-0.2, 0) is 13.0 Å². The van der Waals surface area contributed by atoms with Crippen LogP contribution in [0.2, 0.25) is 0 Å². The number of hydrogen-bond acceptors (Lipinski definition) is 2. The van der Waals surface area contributed by atoms with Crippen LogP contribution < -0.4 is 5.32 Å². The van der Waals surface area contributed by atoms with Gasteiger partial charge in [-0.1, -0.05) is 33.1 Å². The maximum Gasteiger partial charge on any atom is 0.108 e. The molecule has 0 spiro atoms. The lowest BCUT2D eigenvalue weighted by Gasteiger charge is -2.36. The van der Waals surface area contributed by atoms with Crippen molar-refractivity contribution in [3.05, 3.63) is 18.2 Å². The first-order valence-electron chi connectivity index (χ1n) is 8.93. The summed E-state index contributed by atoms with van der Waals surface area (Å²) in [4.78, 5) is 4.64. The van der Waals surface area contributed by atoms with Crippen molar-refractivity contribution in [2.24, 2.45) is 17.8 Å². The van der Waals surface area contributed by atoms with Crippen LogP contribution in [0, 0.1) is 17.8 Å². The van der Waals surface area contributed by atoms with Crippen LogP contribution in [0.25, 0.3) is 0 Å². The molecule has 1 aromatic rings. The Labute approximate surface area is 130 Å². The Morgan fingerprint density at radius 2 is 2.10 bits per heavy atom. The van der Waals surface area contributed by atoms with Crippen LogP contribution in [0.4, 0.5) is 0 Å². The van der Waals surface area contributed by atoms with Crippen LogP contribution in [0.1, 0.15) is 58.2 Å². The Balaban J connectivity index is 2.02. The van der Waals surface area contributed by atoms with Crippen LogP contribution in [0.15, 0.2) is 12.4 Å². The molecule has 0 aliphatic heterocycles. The molecular weight excluding hydrogens is 258 g/mol.